The van der Waals surface area contributed by atoms with Gasteiger partial charge in [-0.15, -0.1) is 11.3 Å². The lowest BCUT2D eigenvalue weighted by atomic mass is 10.0. The second kappa shape index (κ2) is 6.98. The van der Waals surface area contributed by atoms with E-state index in [1.54, 1.807) is 29.2 Å². The first kappa shape index (κ1) is 17.6. The van der Waals surface area contributed by atoms with Gasteiger partial charge in [0.05, 0.1) is 23.7 Å². The predicted octanol–water partition coefficient (Wildman–Crippen LogP) is 1.88. The number of nitrogens with two attached hydrogens (primary N) is 1. The predicted molar refractivity (Wildman–Crippen MR) is 96.7 cm³/mol. The summed E-state index contributed by atoms with van der Waals surface area (Å²) in [5.74, 6) is -1.03. The third-order valence-corrected chi connectivity index (χ3v) is 5.38. The number of benzene rings is 1. The molecule has 26 heavy (non-hydrogen) atoms. The van der Waals surface area contributed by atoms with Gasteiger partial charge in [-0.1, -0.05) is 0 Å². The highest BCUT2D eigenvalue weighted by molar-refractivity contribution is 7.17. The molecule has 0 fully saturated rings. The highest BCUT2D eigenvalue weighted by Gasteiger charge is 2.28. The molecule has 0 atom stereocenters. The van der Waals surface area contributed by atoms with E-state index >= 15 is 0 Å². The minimum atomic E-state index is -0.603. The van der Waals surface area contributed by atoms with Crippen LogP contribution < -0.4 is 11.1 Å². The van der Waals surface area contributed by atoms with E-state index in [4.69, 9.17) is 11.0 Å². The number of thiophene rings is 1. The van der Waals surface area contributed by atoms with Gasteiger partial charge in [-0.3, -0.25) is 14.4 Å². The Morgan fingerprint density at radius 1 is 1.27 bits per heavy atom. The zero-order chi connectivity index (χ0) is 18.8. The number of nitriles is 1. The van der Waals surface area contributed by atoms with Crippen LogP contribution in [0.3, 0.4) is 0 Å². The summed E-state index contributed by atoms with van der Waals surface area (Å²) >= 11 is 1.26. The molecule has 0 unspecified atom stereocenters. The maximum Gasteiger partial charge on any atom is 0.256 e. The third-order valence-electron chi connectivity index (χ3n) is 4.25. The lowest BCUT2D eigenvalue weighted by molar-refractivity contribution is -0.129. The molecule has 3 N–H and O–H groups in total. The first-order valence-electron chi connectivity index (χ1n) is 7.92. The van der Waals surface area contributed by atoms with Gasteiger partial charge in [0.1, 0.15) is 5.00 Å². The summed E-state index contributed by atoms with van der Waals surface area (Å²) in [4.78, 5) is 38.5. The number of fused-ring (bicyclic) bond motifs is 1. The number of primary amides is 1. The van der Waals surface area contributed by atoms with Crippen molar-refractivity contribution in [2.45, 2.75) is 19.9 Å². The third kappa shape index (κ3) is 3.30. The molecule has 7 nitrogen and oxygen atoms in total. The normalized spacial score (nSPS) is 12.8. The van der Waals surface area contributed by atoms with Crippen molar-refractivity contribution in [1.82, 2.24) is 4.90 Å². The molecule has 8 heteroatoms. The number of hydrogen-bond donors (Lipinski definition) is 2. The van der Waals surface area contributed by atoms with E-state index in [9.17, 15) is 14.4 Å². The Hall–Kier alpha value is -3.18. The SMILES string of the molecule is CC(=O)N1CCc2c(sc(NC(=O)c3ccc(C#N)cc3)c2C(N)=O)C1. The van der Waals surface area contributed by atoms with Gasteiger partial charge in [0, 0.05) is 23.9 Å². The van der Waals surface area contributed by atoms with Crippen LogP contribution in [0.2, 0.25) is 0 Å². The molecule has 1 aromatic heterocycles. The highest BCUT2D eigenvalue weighted by Crippen LogP contribution is 2.37. The number of carbonyl (C=O) groups is 3. The van der Waals surface area contributed by atoms with Crippen LogP contribution in [-0.4, -0.2) is 29.2 Å². The molecule has 0 aliphatic carbocycles. The van der Waals surface area contributed by atoms with Crippen LogP contribution in [0.25, 0.3) is 0 Å². The molecule has 1 aromatic carbocycles. The van der Waals surface area contributed by atoms with Crippen LogP contribution in [0, 0.1) is 11.3 Å². The van der Waals surface area contributed by atoms with E-state index in [2.05, 4.69) is 5.32 Å². The molecular formula is C18H16N4O3S. The topological polar surface area (TPSA) is 116 Å². The van der Waals surface area contributed by atoms with E-state index in [-0.39, 0.29) is 11.8 Å². The molecule has 3 rings (SSSR count). The lowest BCUT2D eigenvalue weighted by Gasteiger charge is -2.25. The fourth-order valence-corrected chi connectivity index (χ4v) is 4.16. The number of nitrogens with zero attached hydrogens (tertiary/aromatic N) is 2. The van der Waals surface area contributed by atoms with Crippen LogP contribution >= 0.6 is 11.3 Å². The molecule has 0 saturated heterocycles. The molecule has 2 aromatic rings. The van der Waals surface area contributed by atoms with Crippen molar-refractivity contribution in [3.05, 3.63) is 51.4 Å². The number of anilines is 1. The first-order chi connectivity index (χ1) is 12.4. The molecule has 0 bridgehead atoms. The Labute approximate surface area is 154 Å². The fraction of sp³-hybridized carbons (Fsp3) is 0.222. The van der Waals surface area contributed by atoms with Crippen molar-refractivity contribution in [3.8, 4) is 6.07 Å². The summed E-state index contributed by atoms with van der Waals surface area (Å²) in [7, 11) is 0. The minimum absolute atomic E-state index is 0.0344. The van der Waals surface area contributed by atoms with Gasteiger partial charge in [-0.2, -0.15) is 5.26 Å². The van der Waals surface area contributed by atoms with E-state index in [1.165, 1.54) is 18.3 Å². The van der Waals surface area contributed by atoms with Gasteiger partial charge in [0.15, 0.2) is 0 Å². The van der Waals surface area contributed by atoms with E-state index in [0.717, 1.165) is 10.4 Å². The van der Waals surface area contributed by atoms with E-state index < -0.39 is 5.91 Å². The fourth-order valence-electron chi connectivity index (χ4n) is 2.89. The van der Waals surface area contributed by atoms with Crippen LogP contribution in [0.5, 0.6) is 0 Å². The first-order valence-corrected chi connectivity index (χ1v) is 8.73. The molecular weight excluding hydrogens is 352 g/mol. The Morgan fingerprint density at radius 3 is 2.54 bits per heavy atom. The Bertz CT molecular complexity index is 941. The van der Waals surface area contributed by atoms with E-state index in [1.807, 2.05) is 6.07 Å². The molecule has 0 saturated carbocycles. The van der Waals surface area contributed by atoms with Gasteiger partial charge in [-0.05, 0) is 36.2 Å². The molecule has 132 valence electrons. The van der Waals surface area contributed by atoms with Gasteiger partial charge < -0.3 is 16.0 Å². The van der Waals surface area contributed by atoms with Gasteiger partial charge in [0.2, 0.25) is 5.91 Å². The number of nitrogens with one attached hydrogen (secondary N) is 1. The smallest absolute Gasteiger partial charge is 0.256 e. The summed E-state index contributed by atoms with van der Waals surface area (Å²) in [6.45, 7) is 2.42. The van der Waals surface area contributed by atoms with Crippen LogP contribution in [0.15, 0.2) is 24.3 Å². The van der Waals surface area contributed by atoms with Crippen molar-refractivity contribution in [2.24, 2.45) is 5.73 Å². The van der Waals surface area contributed by atoms with Gasteiger partial charge in [-0.25, -0.2) is 0 Å². The van der Waals surface area contributed by atoms with Crippen molar-refractivity contribution in [3.63, 3.8) is 0 Å². The van der Waals surface area contributed by atoms with Crippen molar-refractivity contribution in [1.29, 1.82) is 5.26 Å². The van der Waals surface area contributed by atoms with Crippen molar-refractivity contribution < 1.29 is 14.4 Å². The largest absolute Gasteiger partial charge is 0.365 e. The molecule has 2 heterocycles. The summed E-state index contributed by atoms with van der Waals surface area (Å²) in [5.41, 5.74) is 7.47. The van der Waals surface area contributed by atoms with Crippen LogP contribution in [-0.2, 0) is 17.8 Å². The second-order valence-electron chi connectivity index (χ2n) is 5.91. The Kier molecular flexibility index (Phi) is 4.73. The highest BCUT2D eigenvalue weighted by atomic mass is 32.1. The maximum absolute atomic E-state index is 12.5. The zero-order valence-electron chi connectivity index (χ0n) is 14.0. The molecule has 0 spiro atoms. The number of amides is 3. The zero-order valence-corrected chi connectivity index (χ0v) is 14.9. The quantitative estimate of drug-likeness (QED) is 0.860. The summed E-state index contributed by atoms with van der Waals surface area (Å²) in [6.07, 6.45) is 0.524. The summed E-state index contributed by atoms with van der Waals surface area (Å²) in [6, 6.07) is 8.18. The minimum Gasteiger partial charge on any atom is -0.365 e. The van der Waals surface area contributed by atoms with Crippen LogP contribution in [0.1, 0.15) is 43.6 Å². The second-order valence-corrected chi connectivity index (χ2v) is 7.01. The number of hydrogen-bond acceptors (Lipinski definition) is 5. The van der Waals surface area contributed by atoms with E-state index in [0.29, 0.717) is 41.2 Å². The number of carbonyl (C=O) groups excluding carboxylic acids is 3. The Morgan fingerprint density at radius 2 is 1.96 bits per heavy atom. The maximum atomic E-state index is 12.5. The van der Waals surface area contributed by atoms with Crippen molar-refractivity contribution >= 4 is 34.1 Å². The molecule has 1 aliphatic heterocycles. The molecule has 1 aliphatic rings. The van der Waals surface area contributed by atoms with Gasteiger partial charge >= 0.3 is 0 Å². The van der Waals surface area contributed by atoms with Gasteiger partial charge in [0.25, 0.3) is 11.8 Å². The van der Waals surface area contributed by atoms with Crippen LogP contribution in [0.4, 0.5) is 5.00 Å². The summed E-state index contributed by atoms with van der Waals surface area (Å²) < 4.78 is 0. The van der Waals surface area contributed by atoms with Crippen molar-refractivity contribution in [2.75, 3.05) is 11.9 Å². The average molecular weight is 368 g/mol. The molecule has 0 radical (unpaired) electrons. The Balaban J connectivity index is 1.90. The standard InChI is InChI=1S/C18H16N4O3S/c1-10(23)22-7-6-13-14(9-22)26-18(15(13)16(20)24)21-17(25)12-4-2-11(8-19)3-5-12/h2-5H,6-7,9H2,1H3,(H2,20,24)(H,21,25). The average Bonchev–Trinajstić information content (AvgIpc) is 2.98. The molecule has 3 amide bonds. The monoisotopic (exact) mass is 368 g/mol. The number of rotatable bonds is 3. The lowest BCUT2D eigenvalue weighted by Crippen LogP contribution is -2.34. The summed E-state index contributed by atoms with van der Waals surface area (Å²) in [5, 5.41) is 12.0.